The highest BCUT2D eigenvalue weighted by Gasteiger charge is 2.22. The molecule has 2 saturated carbocycles. The molecule has 2 aliphatic rings. The van der Waals surface area contributed by atoms with Crippen LogP contribution in [0.1, 0.15) is 82.6 Å². The molecule has 2 aliphatic carbocycles. The molecule has 0 amide bonds. The molecule has 1 aromatic carbocycles. The van der Waals surface area contributed by atoms with Crippen molar-refractivity contribution < 1.29 is 13.2 Å². The lowest BCUT2D eigenvalue weighted by molar-refractivity contribution is 0.235. The Morgan fingerprint density at radius 3 is 2.12 bits per heavy atom. The van der Waals surface area contributed by atoms with Gasteiger partial charge in [-0.15, -0.1) is 0 Å². The van der Waals surface area contributed by atoms with E-state index in [2.05, 4.69) is 6.92 Å². The molecule has 0 aromatic heterocycles. The van der Waals surface area contributed by atoms with Crippen LogP contribution in [0.25, 0.3) is 0 Å². The quantitative estimate of drug-likeness (QED) is 0.529. The normalized spacial score (nSPS) is 29.6. The van der Waals surface area contributed by atoms with Crippen LogP contribution in [-0.2, 0) is 0 Å². The van der Waals surface area contributed by atoms with Gasteiger partial charge in [-0.05, 0) is 67.6 Å². The van der Waals surface area contributed by atoms with E-state index in [0.717, 1.165) is 30.7 Å². The molecular weight excluding hydrogens is 321 g/mol. The molecule has 0 N–H and O–H groups in total. The minimum absolute atomic E-state index is 0.110. The summed E-state index contributed by atoms with van der Waals surface area (Å²) in [6.45, 7) is 2.15. The van der Waals surface area contributed by atoms with Gasteiger partial charge in [0.25, 0.3) is 0 Å². The first-order chi connectivity index (χ1) is 12.1. The summed E-state index contributed by atoms with van der Waals surface area (Å²) in [5.74, 6) is 1.83. The molecule has 0 bridgehead atoms. The van der Waals surface area contributed by atoms with Crippen LogP contribution in [0.5, 0.6) is 0 Å². The van der Waals surface area contributed by atoms with E-state index in [1.807, 2.05) is 6.07 Å². The van der Waals surface area contributed by atoms with Crippen LogP contribution in [0, 0.1) is 17.7 Å². The van der Waals surface area contributed by atoms with Gasteiger partial charge in [0.05, 0.1) is 6.67 Å². The lowest BCUT2D eigenvalue weighted by Crippen LogP contribution is -2.14. The first-order valence-electron chi connectivity index (χ1n) is 10.1. The van der Waals surface area contributed by atoms with E-state index in [9.17, 15) is 13.2 Å². The minimum Gasteiger partial charge on any atom is -0.251 e. The lowest BCUT2D eigenvalue weighted by atomic mass is 9.80. The Kier molecular flexibility index (Phi) is 8.84. The summed E-state index contributed by atoms with van der Waals surface area (Å²) in [4.78, 5) is 0. The first-order valence-corrected chi connectivity index (χ1v) is 10.1. The maximum Gasteiger partial charge on any atom is 0.123 e. The molecule has 3 heteroatoms. The van der Waals surface area contributed by atoms with Crippen molar-refractivity contribution in [2.24, 2.45) is 11.8 Å². The third-order valence-corrected chi connectivity index (χ3v) is 6.04. The molecule has 2 fully saturated rings. The molecular formula is C22H33F3. The molecule has 0 spiro atoms. The lowest BCUT2D eigenvalue weighted by Gasteiger charge is -2.26. The van der Waals surface area contributed by atoms with E-state index in [1.54, 1.807) is 12.1 Å². The molecule has 0 saturated heterocycles. The molecule has 3 rings (SSSR count). The topological polar surface area (TPSA) is 0 Å². The van der Waals surface area contributed by atoms with Crippen molar-refractivity contribution in [3.05, 3.63) is 35.6 Å². The Hall–Kier alpha value is -0.990. The van der Waals surface area contributed by atoms with Crippen LogP contribution in [0.2, 0.25) is 0 Å². The van der Waals surface area contributed by atoms with E-state index in [4.69, 9.17) is 0 Å². The van der Waals surface area contributed by atoms with Crippen molar-refractivity contribution in [1.29, 1.82) is 0 Å². The second-order valence-corrected chi connectivity index (χ2v) is 7.78. The summed E-state index contributed by atoms with van der Waals surface area (Å²) in [6.07, 6.45) is 9.71. The summed E-state index contributed by atoms with van der Waals surface area (Å²) >= 11 is 0. The van der Waals surface area contributed by atoms with Crippen molar-refractivity contribution in [2.75, 3.05) is 6.67 Å². The predicted molar refractivity (Wildman–Crippen MR) is 98.8 cm³/mol. The first kappa shape index (κ1) is 20.3. The van der Waals surface area contributed by atoms with Gasteiger partial charge in [0.2, 0.25) is 0 Å². The Morgan fingerprint density at radius 1 is 0.920 bits per heavy atom. The van der Waals surface area contributed by atoms with Crippen LogP contribution < -0.4 is 0 Å². The summed E-state index contributed by atoms with van der Waals surface area (Å²) in [7, 11) is 0. The average Bonchev–Trinajstić information content (AvgIpc) is 2.64. The Balaban J connectivity index is 0.000000186. The Bertz CT molecular complexity index is 472. The Morgan fingerprint density at radius 2 is 1.56 bits per heavy atom. The van der Waals surface area contributed by atoms with Gasteiger partial charge in [-0.2, -0.15) is 0 Å². The maximum absolute atomic E-state index is 12.9. The van der Waals surface area contributed by atoms with Crippen molar-refractivity contribution >= 4 is 0 Å². The van der Waals surface area contributed by atoms with Gasteiger partial charge in [-0.1, -0.05) is 51.2 Å². The average molecular weight is 355 g/mol. The fourth-order valence-electron chi connectivity index (χ4n) is 4.23. The summed E-state index contributed by atoms with van der Waals surface area (Å²) in [5.41, 5.74) is 1.02. The fraction of sp³-hybridized carbons (Fsp3) is 0.727. The van der Waals surface area contributed by atoms with Gasteiger partial charge in [-0.25, -0.2) is 8.78 Å². The van der Waals surface area contributed by atoms with Crippen molar-refractivity contribution in [3.63, 3.8) is 0 Å². The van der Waals surface area contributed by atoms with Crippen molar-refractivity contribution in [3.8, 4) is 0 Å². The fourth-order valence-corrected chi connectivity index (χ4v) is 4.23. The molecule has 0 heterocycles. The van der Waals surface area contributed by atoms with Gasteiger partial charge in [0.1, 0.15) is 12.0 Å². The highest BCUT2D eigenvalue weighted by atomic mass is 19.1. The van der Waals surface area contributed by atoms with Gasteiger partial charge < -0.3 is 0 Å². The molecule has 1 aromatic rings. The Labute approximate surface area is 151 Å². The minimum atomic E-state index is -0.639. The summed E-state index contributed by atoms with van der Waals surface area (Å²) < 4.78 is 37.8. The zero-order valence-electron chi connectivity index (χ0n) is 15.5. The molecule has 0 radical (unpaired) electrons. The van der Waals surface area contributed by atoms with Gasteiger partial charge in [0.15, 0.2) is 0 Å². The number of halogens is 3. The molecule has 142 valence electrons. The third-order valence-electron chi connectivity index (χ3n) is 6.04. The molecule has 0 nitrogen and oxygen atoms in total. The van der Waals surface area contributed by atoms with E-state index in [-0.39, 0.29) is 12.5 Å². The number of hydrogen-bond acceptors (Lipinski definition) is 0. The van der Waals surface area contributed by atoms with Crippen LogP contribution in [0.15, 0.2) is 24.3 Å². The van der Waals surface area contributed by atoms with Crippen LogP contribution in [0.3, 0.4) is 0 Å². The van der Waals surface area contributed by atoms with E-state index < -0.39 is 6.17 Å². The standard InChI is InChI=1S/C12H14F2.C10H19F/c13-11-6-4-9(5-7-11)10-2-1-3-12(14)8-10;1-2-9-3-5-10(6-4-9)7-8-11/h1-3,8-9,11H,4-7H2;9-10H,2-8H2,1H3. The number of alkyl halides is 2. The van der Waals surface area contributed by atoms with Gasteiger partial charge >= 0.3 is 0 Å². The molecule has 0 unspecified atom stereocenters. The number of benzene rings is 1. The van der Waals surface area contributed by atoms with E-state index >= 15 is 0 Å². The van der Waals surface area contributed by atoms with Crippen LogP contribution in [0.4, 0.5) is 13.2 Å². The smallest absolute Gasteiger partial charge is 0.123 e. The van der Waals surface area contributed by atoms with Crippen LogP contribution in [-0.4, -0.2) is 12.8 Å². The second kappa shape index (κ2) is 10.9. The maximum atomic E-state index is 12.9. The molecule has 0 aliphatic heterocycles. The predicted octanol–water partition coefficient (Wildman–Crippen LogP) is 7.38. The zero-order valence-corrected chi connectivity index (χ0v) is 15.5. The van der Waals surface area contributed by atoms with Gasteiger partial charge in [-0.3, -0.25) is 4.39 Å². The largest absolute Gasteiger partial charge is 0.251 e. The number of rotatable bonds is 4. The highest BCUT2D eigenvalue weighted by Crippen LogP contribution is 2.34. The van der Waals surface area contributed by atoms with E-state index in [0.29, 0.717) is 24.7 Å². The molecule has 0 atom stereocenters. The highest BCUT2D eigenvalue weighted by molar-refractivity contribution is 5.21. The summed E-state index contributed by atoms with van der Waals surface area (Å²) in [5, 5.41) is 0. The zero-order chi connectivity index (χ0) is 18.1. The van der Waals surface area contributed by atoms with Crippen molar-refractivity contribution in [2.45, 2.75) is 83.2 Å². The molecule has 25 heavy (non-hydrogen) atoms. The van der Waals surface area contributed by atoms with Gasteiger partial charge in [0, 0.05) is 0 Å². The monoisotopic (exact) mass is 354 g/mol. The number of hydrogen-bond donors (Lipinski definition) is 0. The van der Waals surface area contributed by atoms with Crippen LogP contribution >= 0.6 is 0 Å². The van der Waals surface area contributed by atoms with E-state index in [1.165, 1.54) is 38.2 Å². The summed E-state index contributed by atoms with van der Waals surface area (Å²) in [6, 6.07) is 6.69. The third kappa shape index (κ3) is 7.03. The second-order valence-electron chi connectivity index (χ2n) is 7.78. The SMILES string of the molecule is CCC1CCC(CCF)CC1.Fc1cccc(C2CCC(F)CC2)c1. The van der Waals surface area contributed by atoms with Crippen molar-refractivity contribution in [1.82, 2.24) is 0 Å².